The Hall–Kier alpha value is -3.42. The smallest absolute Gasteiger partial charge is 0.258 e. The predicted molar refractivity (Wildman–Crippen MR) is 129 cm³/mol. The number of benzene rings is 3. The molecule has 4 aromatic rings. The van der Waals surface area contributed by atoms with Gasteiger partial charge in [0.1, 0.15) is 5.82 Å². The molecule has 1 amide bonds. The second-order valence-electron chi connectivity index (χ2n) is 7.52. The molecule has 0 spiro atoms. The quantitative estimate of drug-likeness (QED) is 0.438. The summed E-state index contributed by atoms with van der Waals surface area (Å²) in [5, 5.41) is 3.60. The largest absolute Gasteiger partial charge is 0.324 e. The van der Waals surface area contributed by atoms with Crippen LogP contribution in [0.1, 0.15) is 12.7 Å². The Morgan fingerprint density at radius 2 is 1.72 bits per heavy atom. The molecule has 0 fully saturated rings. The Morgan fingerprint density at radius 3 is 2.53 bits per heavy atom. The molecule has 2 N–H and O–H groups in total. The van der Waals surface area contributed by atoms with E-state index in [1.807, 2.05) is 91.7 Å². The number of rotatable bonds is 7. The Bertz CT molecular complexity index is 1290. The molecule has 4 rings (SSSR count). The summed E-state index contributed by atoms with van der Waals surface area (Å²) in [7, 11) is 1.84. The van der Waals surface area contributed by atoms with Crippen LogP contribution in [0.3, 0.4) is 0 Å². The third kappa shape index (κ3) is 5.07. The number of likely N-dealkylation sites (N-methyl/N-ethyl adjacent to an activating group) is 1. The van der Waals surface area contributed by atoms with Crippen LogP contribution in [0.5, 0.6) is 0 Å². The van der Waals surface area contributed by atoms with Crippen LogP contribution in [0.2, 0.25) is 0 Å². The lowest BCUT2D eigenvalue weighted by Gasteiger charge is -2.24. The van der Waals surface area contributed by atoms with E-state index >= 15 is 0 Å². The van der Waals surface area contributed by atoms with Gasteiger partial charge in [-0.25, -0.2) is 4.98 Å². The number of aromatic amines is 1. The van der Waals surface area contributed by atoms with E-state index < -0.39 is 6.04 Å². The highest BCUT2D eigenvalue weighted by atomic mass is 32.2. The zero-order chi connectivity index (χ0) is 22.5. The lowest BCUT2D eigenvalue weighted by atomic mass is 10.2. The van der Waals surface area contributed by atoms with Gasteiger partial charge in [-0.2, -0.15) is 0 Å². The maximum atomic E-state index is 13.0. The minimum absolute atomic E-state index is 0.128. The molecule has 1 heterocycles. The Morgan fingerprint density at radius 1 is 1.03 bits per heavy atom. The molecule has 6 nitrogen and oxygen atoms in total. The Kier molecular flexibility index (Phi) is 6.68. The summed E-state index contributed by atoms with van der Waals surface area (Å²) in [6.45, 7) is 2.18. The fourth-order valence-electron chi connectivity index (χ4n) is 3.29. The molecule has 1 aromatic heterocycles. The van der Waals surface area contributed by atoms with Gasteiger partial charge in [-0.1, -0.05) is 54.2 Å². The average molecular weight is 445 g/mol. The van der Waals surface area contributed by atoms with Crippen LogP contribution < -0.4 is 10.9 Å². The number of anilines is 1. The standard InChI is InChI=1S/C25H24N4O2S/c1-17(29(2)16-23-26-20-13-7-6-12-19(20)25(31)28-23)24(30)27-21-14-8-9-15-22(21)32-18-10-4-3-5-11-18/h3-15,17H,16H2,1-2H3,(H,27,30)(H,26,28,31)/t17-/m1/s1. The fraction of sp³-hybridized carbons (Fsp3) is 0.160. The molecular weight excluding hydrogens is 420 g/mol. The first-order valence-electron chi connectivity index (χ1n) is 10.3. The molecule has 32 heavy (non-hydrogen) atoms. The molecule has 0 unspecified atom stereocenters. The summed E-state index contributed by atoms with van der Waals surface area (Å²) in [6.07, 6.45) is 0. The van der Waals surface area contributed by atoms with Crippen LogP contribution >= 0.6 is 11.8 Å². The summed E-state index contributed by atoms with van der Waals surface area (Å²) >= 11 is 1.60. The number of carbonyl (C=O) groups is 1. The zero-order valence-electron chi connectivity index (χ0n) is 17.9. The second kappa shape index (κ2) is 9.80. The minimum atomic E-state index is -0.429. The Balaban J connectivity index is 1.46. The Labute approximate surface area is 190 Å². The summed E-state index contributed by atoms with van der Waals surface area (Å²) in [5.41, 5.74) is 1.23. The van der Waals surface area contributed by atoms with E-state index in [9.17, 15) is 9.59 Å². The van der Waals surface area contributed by atoms with Gasteiger partial charge in [-0.3, -0.25) is 14.5 Å². The van der Waals surface area contributed by atoms with Crippen LogP contribution in [0, 0.1) is 0 Å². The number of nitrogens with one attached hydrogen (secondary N) is 2. The van der Waals surface area contributed by atoms with Crippen molar-refractivity contribution in [3.63, 3.8) is 0 Å². The van der Waals surface area contributed by atoms with E-state index in [1.165, 1.54) is 0 Å². The minimum Gasteiger partial charge on any atom is -0.324 e. The second-order valence-corrected chi connectivity index (χ2v) is 8.64. The summed E-state index contributed by atoms with van der Waals surface area (Å²) in [4.78, 5) is 36.6. The fourth-order valence-corrected chi connectivity index (χ4v) is 4.22. The average Bonchev–Trinajstić information content (AvgIpc) is 2.80. The van der Waals surface area contributed by atoms with Gasteiger partial charge < -0.3 is 10.3 Å². The van der Waals surface area contributed by atoms with E-state index in [0.29, 0.717) is 23.3 Å². The number of carbonyl (C=O) groups excluding carboxylic acids is 1. The summed E-state index contributed by atoms with van der Waals surface area (Å²) < 4.78 is 0. The molecular formula is C25H24N4O2S. The molecule has 7 heteroatoms. The monoisotopic (exact) mass is 444 g/mol. The predicted octanol–water partition coefficient (Wildman–Crippen LogP) is 4.53. The van der Waals surface area contributed by atoms with Crippen molar-refractivity contribution in [1.29, 1.82) is 0 Å². The van der Waals surface area contributed by atoms with Gasteiger partial charge in [-0.05, 0) is 50.4 Å². The zero-order valence-corrected chi connectivity index (χ0v) is 18.7. The van der Waals surface area contributed by atoms with E-state index in [0.717, 1.165) is 15.5 Å². The van der Waals surface area contributed by atoms with Crippen molar-refractivity contribution in [2.75, 3.05) is 12.4 Å². The SMILES string of the molecule is C[C@H](C(=O)Nc1ccccc1Sc1ccccc1)N(C)Cc1nc2ccccc2c(=O)[nH]1. The lowest BCUT2D eigenvalue weighted by molar-refractivity contribution is -0.120. The lowest BCUT2D eigenvalue weighted by Crippen LogP contribution is -2.39. The van der Waals surface area contributed by atoms with Gasteiger partial charge >= 0.3 is 0 Å². The highest BCUT2D eigenvalue weighted by Crippen LogP contribution is 2.33. The number of hydrogen-bond acceptors (Lipinski definition) is 5. The molecule has 0 aliphatic carbocycles. The van der Waals surface area contributed by atoms with Crippen molar-refractivity contribution >= 4 is 34.3 Å². The normalized spacial score (nSPS) is 12.1. The number of amides is 1. The molecule has 0 saturated carbocycles. The van der Waals surface area contributed by atoms with Gasteiger partial charge in [0.15, 0.2) is 0 Å². The van der Waals surface area contributed by atoms with Crippen LogP contribution in [-0.2, 0) is 11.3 Å². The molecule has 1 atom stereocenters. The number of para-hydroxylation sites is 2. The van der Waals surface area contributed by atoms with E-state index in [4.69, 9.17) is 0 Å². The number of aromatic nitrogens is 2. The first-order valence-corrected chi connectivity index (χ1v) is 11.1. The molecule has 0 bridgehead atoms. The van der Waals surface area contributed by atoms with Crippen molar-refractivity contribution in [3.8, 4) is 0 Å². The first-order chi connectivity index (χ1) is 15.5. The van der Waals surface area contributed by atoms with Crippen molar-refractivity contribution < 1.29 is 4.79 Å². The third-order valence-corrected chi connectivity index (χ3v) is 6.30. The van der Waals surface area contributed by atoms with Crippen LogP contribution in [0.25, 0.3) is 10.9 Å². The number of nitrogens with zero attached hydrogens (tertiary/aromatic N) is 2. The topological polar surface area (TPSA) is 78.1 Å². The maximum Gasteiger partial charge on any atom is 0.258 e. The van der Waals surface area contributed by atoms with Gasteiger partial charge in [0.05, 0.1) is 29.2 Å². The van der Waals surface area contributed by atoms with Crippen LogP contribution in [0.4, 0.5) is 5.69 Å². The first kappa shape index (κ1) is 21.8. The summed E-state index contributed by atoms with van der Waals surface area (Å²) in [5.74, 6) is 0.396. The van der Waals surface area contributed by atoms with Gasteiger partial charge in [0, 0.05) is 9.79 Å². The molecule has 0 aliphatic heterocycles. The highest BCUT2D eigenvalue weighted by Gasteiger charge is 2.20. The van der Waals surface area contributed by atoms with Crippen molar-refractivity contribution in [3.05, 3.63) is 95.0 Å². The van der Waals surface area contributed by atoms with E-state index in [1.54, 1.807) is 17.8 Å². The summed E-state index contributed by atoms with van der Waals surface area (Å²) in [6, 6.07) is 24.6. The van der Waals surface area contributed by atoms with Gasteiger partial charge in [-0.15, -0.1) is 0 Å². The van der Waals surface area contributed by atoms with E-state index in [-0.39, 0.29) is 11.5 Å². The molecule has 3 aromatic carbocycles. The molecule has 0 radical (unpaired) electrons. The van der Waals surface area contributed by atoms with Crippen molar-refractivity contribution in [2.45, 2.75) is 29.3 Å². The highest BCUT2D eigenvalue weighted by molar-refractivity contribution is 7.99. The maximum absolute atomic E-state index is 13.0. The molecule has 0 aliphatic rings. The van der Waals surface area contributed by atoms with Crippen LogP contribution in [0.15, 0.2) is 93.4 Å². The van der Waals surface area contributed by atoms with Crippen LogP contribution in [-0.4, -0.2) is 33.9 Å². The van der Waals surface area contributed by atoms with E-state index in [2.05, 4.69) is 15.3 Å². The molecule has 162 valence electrons. The molecule has 0 saturated heterocycles. The number of fused-ring (bicyclic) bond motifs is 1. The number of hydrogen-bond donors (Lipinski definition) is 2. The van der Waals surface area contributed by atoms with Gasteiger partial charge in [0.2, 0.25) is 5.91 Å². The number of H-pyrrole nitrogens is 1. The van der Waals surface area contributed by atoms with Crippen molar-refractivity contribution in [2.24, 2.45) is 0 Å². The van der Waals surface area contributed by atoms with Crippen molar-refractivity contribution in [1.82, 2.24) is 14.9 Å². The van der Waals surface area contributed by atoms with Gasteiger partial charge in [0.25, 0.3) is 5.56 Å². The third-order valence-electron chi connectivity index (χ3n) is 5.22.